The average Bonchev–Trinajstić information content (AvgIpc) is 3.66. The molecule has 0 bridgehead atoms. The Morgan fingerprint density at radius 1 is 0.796 bits per heavy atom. The largest absolute Gasteiger partial charge is 0.368 e. The van der Waals surface area contributed by atoms with E-state index in [9.17, 15) is 36.7 Å². The van der Waals surface area contributed by atoms with Crippen molar-refractivity contribution in [3.05, 3.63) is 141 Å². The number of ketones is 2. The van der Waals surface area contributed by atoms with Crippen molar-refractivity contribution in [3.8, 4) is 5.69 Å². The Hall–Kier alpha value is -5.92. The fourth-order valence-electron chi connectivity index (χ4n) is 5.68. The molecule has 10 nitrogen and oxygen atoms in total. The van der Waals surface area contributed by atoms with Gasteiger partial charge < -0.3 is 14.4 Å². The van der Waals surface area contributed by atoms with Gasteiger partial charge in [0.15, 0.2) is 17.4 Å². The third kappa shape index (κ3) is 7.17. The molecule has 49 heavy (non-hydrogen) atoms. The van der Waals surface area contributed by atoms with E-state index in [2.05, 4.69) is 10.1 Å². The number of halogens is 4. The number of hydrogen-bond donors (Lipinski definition) is 0. The van der Waals surface area contributed by atoms with Gasteiger partial charge in [-0.1, -0.05) is 18.2 Å². The van der Waals surface area contributed by atoms with Crippen molar-refractivity contribution in [2.45, 2.75) is 19.4 Å². The second kappa shape index (κ2) is 14.1. The molecule has 250 valence electrons. The normalized spacial score (nSPS) is 13.1. The van der Waals surface area contributed by atoms with Crippen molar-refractivity contribution in [1.82, 2.24) is 24.2 Å². The molecule has 1 amide bonds. The molecule has 5 aromatic rings. The van der Waals surface area contributed by atoms with Crippen LogP contribution >= 0.6 is 0 Å². The first-order valence-electron chi connectivity index (χ1n) is 15.2. The Morgan fingerprint density at radius 2 is 1.49 bits per heavy atom. The minimum Gasteiger partial charge on any atom is -0.368 e. The van der Waals surface area contributed by atoms with Crippen molar-refractivity contribution in [1.29, 1.82) is 0 Å². The van der Waals surface area contributed by atoms with E-state index in [1.54, 1.807) is 11.0 Å². The molecule has 0 radical (unpaired) electrons. The summed E-state index contributed by atoms with van der Waals surface area (Å²) in [6.07, 6.45) is 2.69. The zero-order chi connectivity index (χ0) is 34.7. The molecular formula is C35H28F4N6O4. The number of hydrogen-bond acceptors (Lipinski definition) is 7. The number of piperazine rings is 1. The Bertz CT molecular complexity index is 2090. The molecule has 0 aliphatic carbocycles. The zero-order valence-corrected chi connectivity index (χ0v) is 25.9. The van der Waals surface area contributed by atoms with Crippen molar-refractivity contribution in [2.75, 3.05) is 31.1 Å². The fourth-order valence-corrected chi connectivity index (χ4v) is 5.68. The van der Waals surface area contributed by atoms with Gasteiger partial charge in [-0.3, -0.25) is 19.2 Å². The lowest BCUT2D eigenvalue weighted by molar-refractivity contribution is -0.144. The molecule has 0 unspecified atom stereocenters. The molecule has 0 N–H and O–H groups in total. The second-order valence-corrected chi connectivity index (χ2v) is 11.4. The van der Waals surface area contributed by atoms with Gasteiger partial charge in [-0.05, 0) is 54.1 Å². The molecule has 1 fully saturated rings. The molecule has 3 heterocycles. The highest BCUT2D eigenvalue weighted by Gasteiger charge is 2.29. The molecule has 14 heteroatoms. The van der Waals surface area contributed by atoms with Crippen LogP contribution in [-0.4, -0.2) is 67.9 Å². The molecule has 0 atom stereocenters. The Balaban J connectivity index is 1.17. The van der Waals surface area contributed by atoms with Gasteiger partial charge in [0.1, 0.15) is 24.3 Å². The summed E-state index contributed by atoms with van der Waals surface area (Å²) in [6, 6.07) is 15.6. The smallest absolute Gasteiger partial charge is 0.290 e. The van der Waals surface area contributed by atoms with Gasteiger partial charge in [0.05, 0.1) is 24.2 Å². The van der Waals surface area contributed by atoms with Crippen LogP contribution in [-0.2, 0) is 22.6 Å². The predicted molar refractivity (Wildman–Crippen MR) is 169 cm³/mol. The minimum atomic E-state index is -1.44. The van der Waals surface area contributed by atoms with Crippen molar-refractivity contribution < 1.29 is 31.9 Å². The molecule has 1 aliphatic heterocycles. The van der Waals surface area contributed by atoms with Gasteiger partial charge in [-0.2, -0.15) is 5.10 Å². The fraction of sp³-hybridized carbons (Fsp3) is 0.200. The number of nitrogens with zero attached hydrogens (tertiary/aromatic N) is 6. The van der Waals surface area contributed by atoms with Gasteiger partial charge in [-0.15, -0.1) is 0 Å². The van der Waals surface area contributed by atoms with Crippen LogP contribution < -0.4 is 10.5 Å². The maximum atomic E-state index is 14.5. The quantitative estimate of drug-likeness (QED) is 0.0722. The SMILES string of the molecule is O=C(CC(=O)c1cc(Cc2c(F)ccc(F)c2F)cn(Cc2ccccc2F)c1=O)C(=O)N1CCN(c2ccc(-n3cncn3)cc2)CC1. The molecule has 3 aromatic carbocycles. The third-order valence-electron chi connectivity index (χ3n) is 8.29. The molecule has 6 rings (SSSR count). The summed E-state index contributed by atoms with van der Waals surface area (Å²) in [5, 5.41) is 4.09. The van der Waals surface area contributed by atoms with Gasteiger partial charge in [0, 0.05) is 55.6 Å². The van der Waals surface area contributed by atoms with E-state index in [0.29, 0.717) is 19.2 Å². The van der Waals surface area contributed by atoms with Crippen LogP contribution in [0.3, 0.4) is 0 Å². The monoisotopic (exact) mass is 672 g/mol. The highest BCUT2D eigenvalue weighted by atomic mass is 19.2. The van der Waals surface area contributed by atoms with E-state index >= 15 is 0 Å². The number of aromatic nitrogens is 4. The lowest BCUT2D eigenvalue weighted by Crippen LogP contribution is -2.51. The number of carbonyl (C=O) groups is 3. The summed E-state index contributed by atoms with van der Waals surface area (Å²) in [5.74, 6) is -7.35. The maximum Gasteiger partial charge on any atom is 0.290 e. The van der Waals surface area contributed by atoms with Crippen LogP contribution in [0.4, 0.5) is 23.2 Å². The Labute approximate surface area is 276 Å². The number of anilines is 1. The standard InChI is InChI=1S/C35H28F4N6O4/c36-28-4-2-1-3-23(28)19-44-18-22(15-26-29(37)9-10-30(38)33(26)39)16-27(34(44)48)31(46)17-32(47)35(49)43-13-11-42(12-14-43)24-5-7-25(8-6-24)45-21-40-20-41-45/h1-10,16,18,20-21H,11-15,17,19H2. The molecule has 2 aromatic heterocycles. The number of benzene rings is 3. The van der Waals surface area contributed by atoms with Crippen LogP contribution in [0.25, 0.3) is 5.69 Å². The predicted octanol–water partition coefficient (Wildman–Crippen LogP) is 4.12. The first kappa shape index (κ1) is 33.0. The van der Waals surface area contributed by atoms with Gasteiger partial charge in [0.2, 0.25) is 5.78 Å². The number of rotatable bonds is 10. The molecular weight excluding hydrogens is 644 g/mol. The number of pyridine rings is 1. The van der Waals surface area contributed by atoms with Crippen LogP contribution in [0.15, 0.2) is 90.4 Å². The average molecular weight is 673 g/mol. The van der Waals surface area contributed by atoms with Crippen LogP contribution in [0.1, 0.15) is 33.5 Å². The molecule has 0 spiro atoms. The highest BCUT2D eigenvalue weighted by Crippen LogP contribution is 2.22. The Kier molecular flexibility index (Phi) is 9.47. The zero-order valence-electron chi connectivity index (χ0n) is 25.9. The molecule has 1 aliphatic rings. The van der Waals surface area contributed by atoms with Crippen molar-refractivity contribution in [2.24, 2.45) is 0 Å². The summed E-state index contributed by atoms with van der Waals surface area (Å²) in [6.45, 7) is 0.907. The van der Waals surface area contributed by atoms with Crippen LogP contribution in [0.2, 0.25) is 0 Å². The maximum absolute atomic E-state index is 14.5. The number of Topliss-reactive ketones (excluding diaryl/α,β-unsaturated/α-hetero) is 2. The van der Waals surface area contributed by atoms with E-state index in [-0.39, 0.29) is 30.8 Å². The minimum absolute atomic E-state index is 0.0203. The lowest BCUT2D eigenvalue weighted by atomic mass is 10.00. The molecule has 0 saturated carbocycles. The van der Waals surface area contributed by atoms with Crippen LogP contribution in [0, 0.1) is 23.3 Å². The summed E-state index contributed by atoms with van der Waals surface area (Å²) in [5.41, 5.74) is -0.254. The van der Waals surface area contributed by atoms with Crippen LogP contribution in [0.5, 0.6) is 0 Å². The third-order valence-corrected chi connectivity index (χ3v) is 8.29. The lowest BCUT2D eigenvalue weighted by Gasteiger charge is -2.35. The van der Waals surface area contributed by atoms with Crippen molar-refractivity contribution in [3.63, 3.8) is 0 Å². The van der Waals surface area contributed by atoms with E-state index in [1.165, 1.54) is 41.7 Å². The second-order valence-electron chi connectivity index (χ2n) is 11.4. The number of amides is 1. The molecule has 1 saturated heterocycles. The summed E-state index contributed by atoms with van der Waals surface area (Å²) >= 11 is 0. The summed E-state index contributed by atoms with van der Waals surface area (Å²) < 4.78 is 60.0. The Morgan fingerprint density at radius 3 is 2.18 bits per heavy atom. The van der Waals surface area contributed by atoms with E-state index in [0.717, 1.165) is 28.1 Å². The van der Waals surface area contributed by atoms with Gasteiger partial charge >= 0.3 is 0 Å². The first-order valence-corrected chi connectivity index (χ1v) is 15.2. The topological polar surface area (TPSA) is 110 Å². The van der Waals surface area contributed by atoms with Gasteiger partial charge in [0.25, 0.3) is 11.5 Å². The van der Waals surface area contributed by atoms with E-state index < -0.39 is 70.3 Å². The first-order chi connectivity index (χ1) is 23.6. The van der Waals surface area contributed by atoms with Crippen molar-refractivity contribution >= 4 is 23.2 Å². The summed E-state index contributed by atoms with van der Waals surface area (Å²) in [7, 11) is 0. The number of carbonyl (C=O) groups excluding carboxylic acids is 3. The summed E-state index contributed by atoms with van der Waals surface area (Å²) in [4.78, 5) is 60.2. The van der Waals surface area contributed by atoms with E-state index in [4.69, 9.17) is 0 Å². The highest BCUT2D eigenvalue weighted by molar-refractivity contribution is 6.40. The van der Waals surface area contributed by atoms with E-state index in [1.807, 2.05) is 29.2 Å². The van der Waals surface area contributed by atoms with Gasteiger partial charge in [-0.25, -0.2) is 27.2 Å².